The number of hydrogen-bond donors (Lipinski definition) is 4. The molecule has 0 saturated carbocycles. The van der Waals surface area contributed by atoms with E-state index in [0.29, 0.717) is 16.5 Å². The molecule has 4 amide bonds. The van der Waals surface area contributed by atoms with Gasteiger partial charge in [0, 0.05) is 50.1 Å². The molecule has 0 bridgehead atoms. The van der Waals surface area contributed by atoms with Crippen molar-refractivity contribution in [1.29, 1.82) is 0 Å². The highest BCUT2D eigenvalue weighted by molar-refractivity contribution is 5.96. The summed E-state index contributed by atoms with van der Waals surface area (Å²) >= 11 is 0. The Morgan fingerprint density at radius 2 is 1.53 bits per heavy atom. The van der Waals surface area contributed by atoms with E-state index in [-0.39, 0.29) is 17.9 Å². The molecule has 4 atom stereocenters. The van der Waals surface area contributed by atoms with Gasteiger partial charge in [-0.15, -0.1) is 0 Å². The molecule has 0 radical (unpaired) electrons. The monoisotopic (exact) mass is 773 g/mol. The number of nitrogens with zero attached hydrogens (tertiary/aromatic N) is 3. The first-order valence-electron chi connectivity index (χ1n) is 18.2. The molecule has 0 fully saturated rings. The second-order valence-electron chi connectivity index (χ2n) is 17.2. The molecule has 306 valence electrons. The largest absolute Gasteiger partial charge is 0.481 e. The number of hydrogen-bond acceptors (Lipinski definition) is 7. The number of aliphatic carboxylic acids is 2. The lowest BCUT2D eigenvalue weighted by Crippen LogP contribution is -2.63. The van der Waals surface area contributed by atoms with E-state index in [0.717, 1.165) is 0 Å². The molecule has 15 heteroatoms. The zero-order valence-corrected chi connectivity index (χ0v) is 34.7. The van der Waals surface area contributed by atoms with Crippen molar-refractivity contribution in [2.45, 2.75) is 124 Å². The molecule has 0 aliphatic rings. The van der Waals surface area contributed by atoms with Gasteiger partial charge < -0.3 is 35.1 Å². The van der Waals surface area contributed by atoms with Gasteiger partial charge >= 0.3 is 18.0 Å². The summed E-state index contributed by atoms with van der Waals surface area (Å²) in [5.41, 5.74) is -1.54. The first kappa shape index (κ1) is 46.2. The number of carbonyl (C=O) groups is 6. The molecule has 0 saturated heterocycles. The van der Waals surface area contributed by atoms with Crippen molar-refractivity contribution < 1.29 is 48.1 Å². The fourth-order valence-electron chi connectivity index (χ4n) is 6.55. The number of carboxylic acid groups (broad SMARTS) is 2. The fraction of sp³-hybridized carbons (Fsp3) is 0.600. The predicted molar refractivity (Wildman–Crippen MR) is 207 cm³/mol. The number of rotatable bonds is 15. The summed E-state index contributed by atoms with van der Waals surface area (Å²) < 4.78 is 21.7. The van der Waals surface area contributed by atoms with Crippen LogP contribution in [-0.4, -0.2) is 104 Å². The Labute approximate surface area is 323 Å². The van der Waals surface area contributed by atoms with E-state index in [4.69, 9.17) is 9.84 Å². The van der Waals surface area contributed by atoms with E-state index in [2.05, 4.69) is 10.6 Å². The number of halogens is 1. The van der Waals surface area contributed by atoms with Crippen LogP contribution < -0.4 is 10.6 Å². The zero-order valence-electron chi connectivity index (χ0n) is 34.7. The summed E-state index contributed by atoms with van der Waals surface area (Å²) in [5.74, 6) is -5.15. The van der Waals surface area contributed by atoms with Crippen LogP contribution in [0.1, 0.15) is 94.6 Å². The maximum atomic E-state index is 14.7. The zero-order chi connectivity index (χ0) is 42.5. The summed E-state index contributed by atoms with van der Waals surface area (Å²) in [6.45, 7) is 19.2. The number of aryl methyl sites for hydroxylation is 1. The number of ether oxygens (including phenoxy) is 1. The number of likely N-dealkylation sites (N-methyl/N-ethyl adjacent to an activating group) is 2. The highest BCUT2D eigenvalue weighted by atomic mass is 19.1. The highest BCUT2D eigenvalue weighted by Gasteiger charge is 2.47. The Bertz CT molecular complexity index is 1800. The molecular weight excluding hydrogens is 713 g/mol. The van der Waals surface area contributed by atoms with Crippen molar-refractivity contribution >= 4 is 46.7 Å². The Balaban J connectivity index is 2.60. The van der Waals surface area contributed by atoms with Crippen molar-refractivity contribution in [3.63, 3.8) is 0 Å². The maximum absolute atomic E-state index is 14.7. The molecule has 0 spiro atoms. The van der Waals surface area contributed by atoms with Crippen LogP contribution in [0.4, 0.5) is 9.18 Å². The number of carboxylic acids is 2. The topological polar surface area (TPSA) is 188 Å². The first-order chi connectivity index (χ1) is 25.0. The smallest absolute Gasteiger partial charge is 0.410 e. The molecule has 2 aromatic rings. The van der Waals surface area contributed by atoms with Gasteiger partial charge in [-0.2, -0.15) is 0 Å². The van der Waals surface area contributed by atoms with Crippen LogP contribution in [0.3, 0.4) is 0 Å². The third-order valence-corrected chi connectivity index (χ3v) is 9.55. The number of amides is 4. The third kappa shape index (κ3) is 11.8. The van der Waals surface area contributed by atoms with Gasteiger partial charge in [0.25, 0.3) is 0 Å². The Hall–Kier alpha value is -4.95. The molecule has 2 rings (SSSR count). The maximum Gasteiger partial charge on any atom is 0.410 e. The molecule has 1 aromatic carbocycles. The van der Waals surface area contributed by atoms with Gasteiger partial charge in [-0.05, 0) is 69.2 Å². The van der Waals surface area contributed by atoms with Crippen LogP contribution >= 0.6 is 0 Å². The molecule has 4 N–H and O–H groups in total. The van der Waals surface area contributed by atoms with Gasteiger partial charge in [0.2, 0.25) is 17.7 Å². The SMILES string of the molecule is C/C(=C\[C@H](C(C)C)N(C)C(=O)[C@@H](NC(=O)[C@@H](N(C)C(=O)OC(C)(C)C)C(C)(C)c1cn(C)c2cc(F)ccc12)C(C)(C)C)C(=O)N[C@H](CCC(=O)O)C(=O)O. The van der Waals surface area contributed by atoms with E-state index < -0.39 is 88.6 Å². The fourth-order valence-corrected chi connectivity index (χ4v) is 6.55. The van der Waals surface area contributed by atoms with E-state index in [1.807, 2.05) is 13.8 Å². The van der Waals surface area contributed by atoms with E-state index in [9.17, 15) is 38.3 Å². The lowest BCUT2D eigenvalue weighted by molar-refractivity contribution is -0.142. The minimum Gasteiger partial charge on any atom is -0.481 e. The van der Waals surface area contributed by atoms with E-state index >= 15 is 0 Å². The second kappa shape index (κ2) is 17.7. The van der Waals surface area contributed by atoms with Crippen LogP contribution in [0.2, 0.25) is 0 Å². The van der Waals surface area contributed by atoms with Crippen LogP contribution in [-0.2, 0) is 41.2 Å². The average Bonchev–Trinajstić information content (AvgIpc) is 3.37. The normalized spacial score (nSPS) is 14.8. The minimum atomic E-state index is -1.43. The molecule has 0 unspecified atom stereocenters. The Morgan fingerprint density at radius 3 is 2.02 bits per heavy atom. The number of nitrogens with one attached hydrogen (secondary N) is 2. The first-order valence-corrected chi connectivity index (χ1v) is 18.2. The van der Waals surface area contributed by atoms with Crippen molar-refractivity contribution in [2.75, 3.05) is 14.1 Å². The van der Waals surface area contributed by atoms with E-state index in [1.54, 1.807) is 79.3 Å². The molecule has 14 nitrogen and oxygen atoms in total. The van der Waals surface area contributed by atoms with Gasteiger partial charge in [0.15, 0.2) is 0 Å². The lowest BCUT2D eigenvalue weighted by atomic mass is 9.76. The summed E-state index contributed by atoms with van der Waals surface area (Å²) in [4.78, 5) is 81.2. The predicted octanol–water partition coefficient (Wildman–Crippen LogP) is 5.22. The van der Waals surface area contributed by atoms with Gasteiger partial charge in [0.05, 0.1) is 11.6 Å². The van der Waals surface area contributed by atoms with Crippen LogP contribution in [0, 0.1) is 17.2 Å². The molecule has 1 heterocycles. The van der Waals surface area contributed by atoms with Crippen molar-refractivity contribution in [2.24, 2.45) is 18.4 Å². The third-order valence-electron chi connectivity index (χ3n) is 9.55. The summed E-state index contributed by atoms with van der Waals surface area (Å²) in [7, 11) is 4.75. The number of benzene rings is 1. The molecule has 1 aromatic heterocycles. The van der Waals surface area contributed by atoms with Gasteiger partial charge in [-0.3, -0.25) is 24.1 Å². The van der Waals surface area contributed by atoms with Crippen molar-refractivity contribution in [3.8, 4) is 0 Å². The average molecular weight is 774 g/mol. The number of fused-ring (bicyclic) bond motifs is 1. The van der Waals surface area contributed by atoms with Crippen LogP contribution in [0.5, 0.6) is 0 Å². The summed E-state index contributed by atoms with van der Waals surface area (Å²) in [6, 6.07) is -0.177. The standard InChI is InChI=1S/C40H60FN5O9/c1-22(2)28(19-23(3)33(49)42-27(36(52)53)17-18-30(47)48)45(13)35(51)31(38(4,5)6)43-34(50)32(46(14)37(54)55-39(7,8)9)40(10,11)26-21-44(12)29-20-24(41)15-16-25(26)29/h15-16,19-22,27-28,31-32H,17-18H2,1-14H3,(H,42,49)(H,43,50)(H,47,48)(H,52,53)/b23-19+/t27-,28-,31-,32-/m1/s1. The number of carbonyl (C=O) groups excluding carboxylic acids is 4. The summed E-state index contributed by atoms with van der Waals surface area (Å²) in [6.07, 6.45) is 1.77. The molecule has 55 heavy (non-hydrogen) atoms. The summed E-state index contributed by atoms with van der Waals surface area (Å²) in [5, 5.41) is 24.5. The van der Waals surface area contributed by atoms with Gasteiger partial charge in [-0.25, -0.2) is 14.0 Å². The van der Waals surface area contributed by atoms with Crippen LogP contribution in [0.25, 0.3) is 10.9 Å². The van der Waals surface area contributed by atoms with Gasteiger partial charge in [0.1, 0.15) is 29.5 Å². The van der Waals surface area contributed by atoms with Gasteiger partial charge in [-0.1, -0.05) is 54.5 Å². The lowest BCUT2D eigenvalue weighted by Gasteiger charge is -2.42. The minimum absolute atomic E-state index is 0.104. The van der Waals surface area contributed by atoms with Crippen LogP contribution in [0.15, 0.2) is 36.0 Å². The van der Waals surface area contributed by atoms with E-state index in [1.165, 1.54) is 49.0 Å². The quantitative estimate of drug-likeness (QED) is 0.176. The van der Waals surface area contributed by atoms with Crippen molar-refractivity contribution in [1.82, 2.24) is 25.0 Å². The number of aromatic nitrogens is 1. The molecule has 0 aliphatic carbocycles. The molecular formula is C40H60FN5O9. The highest BCUT2D eigenvalue weighted by Crippen LogP contribution is 2.37. The Kier molecular flexibility index (Phi) is 14.8. The van der Waals surface area contributed by atoms with Crippen molar-refractivity contribution in [3.05, 3.63) is 47.4 Å². The Morgan fingerprint density at radius 1 is 0.945 bits per heavy atom. The second-order valence-corrected chi connectivity index (χ2v) is 17.2. The molecule has 0 aliphatic heterocycles.